The average molecular weight is 417 g/mol. The summed E-state index contributed by atoms with van der Waals surface area (Å²) in [5.41, 5.74) is 5.12. The van der Waals surface area contributed by atoms with E-state index in [1.807, 2.05) is 55.5 Å². The lowest BCUT2D eigenvalue weighted by Crippen LogP contribution is -2.01. The Bertz CT molecular complexity index is 971. The van der Waals surface area contributed by atoms with Gasteiger partial charge in [0.15, 0.2) is 5.82 Å². The minimum absolute atomic E-state index is 0.727. The molecular formula is C24H21BrN2. The number of hydrogen-bond donors (Lipinski definition) is 0. The molecule has 0 aliphatic carbocycles. The lowest BCUT2D eigenvalue weighted by atomic mass is 10.1. The van der Waals surface area contributed by atoms with Gasteiger partial charge in [0.2, 0.25) is 0 Å². The maximum Gasteiger partial charge on any atom is 0.160 e. The number of benzene rings is 2. The summed E-state index contributed by atoms with van der Waals surface area (Å²) < 4.78 is 1.04. The van der Waals surface area contributed by atoms with E-state index < -0.39 is 0 Å². The van der Waals surface area contributed by atoms with Gasteiger partial charge in [0, 0.05) is 22.2 Å². The first-order valence-corrected chi connectivity index (χ1v) is 9.62. The van der Waals surface area contributed by atoms with Crippen LogP contribution < -0.4 is 0 Å². The van der Waals surface area contributed by atoms with Crippen molar-refractivity contribution in [2.75, 3.05) is 0 Å². The van der Waals surface area contributed by atoms with E-state index in [0.717, 1.165) is 39.2 Å². The molecule has 0 unspecified atom stereocenters. The van der Waals surface area contributed by atoms with E-state index >= 15 is 0 Å². The summed E-state index contributed by atoms with van der Waals surface area (Å²) in [6.07, 6.45) is 8.57. The van der Waals surface area contributed by atoms with E-state index in [1.165, 1.54) is 5.56 Å². The summed E-state index contributed by atoms with van der Waals surface area (Å²) >= 11 is 3.49. The second-order valence-electron chi connectivity index (χ2n) is 6.10. The van der Waals surface area contributed by atoms with Crippen molar-refractivity contribution in [2.45, 2.75) is 13.3 Å². The molecule has 3 rings (SSSR count). The summed E-state index contributed by atoms with van der Waals surface area (Å²) in [7, 11) is 0. The van der Waals surface area contributed by atoms with Gasteiger partial charge in [-0.15, -0.1) is 0 Å². The van der Waals surface area contributed by atoms with E-state index in [4.69, 9.17) is 9.97 Å². The van der Waals surface area contributed by atoms with Gasteiger partial charge >= 0.3 is 0 Å². The average Bonchev–Trinajstić information content (AvgIpc) is 2.69. The van der Waals surface area contributed by atoms with E-state index in [2.05, 4.69) is 52.8 Å². The van der Waals surface area contributed by atoms with Crippen molar-refractivity contribution < 1.29 is 0 Å². The zero-order chi connectivity index (χ0) is 19.1. The Kier molecular flexibility index (Phi) is 6.50. The van der Waals surface area contributed by atoms with Crippen LogP contribution in [-0.2, 0) is 6.42 Å². The van der Waals surface area contributed by atoms with Crippen molar-refractivity contribution in [3.63, 3.8) is 0 Å². The smallest absolute Gasteiger partial charge is 0.160 e. The SMILES string of the molecule is C=C/C=C(\C=C/C)c1cc(Cc2ccccc2)nc(-c2ccc(Br)cc2)n1. The zero-order valence-electron chi connectivity index (χ0n) is 15.3. The number of halogens is 1. The van der Waals surface area contributed by atoms with Crippen molar-refractivity contribution in [1.82, 2.24) is 9.97 Å². The Morgan fingerprint density at radius 2 is 1.78 bits per heavy atom. The maximum absolute atomic E-state index is 4.83. The van der Waals surface area contributed by atoms with E-state index in [9.17, 15) is 0 Å². The molecule has 27 heavy (non-hydrogen) atoms. The molecule has 0 fully saturated rings. The standard InChI is InChI=1S/C24H21BrN2/c1-3-8-19(9-4-2)23-17-22(16-18-10-6-5-7-11-18)26-24(27-23)20-12-14-21(25)15-13-20/h3-15,17H,1,16H2,2H3/b9-4-,19-8+. The fourth-order valence-corrected chi connectivity index (χ4v) is 3.07. The Balaban J connectivity index is 2.10. The van der Waals surface area contributed by atoms with Crippen LogP contribution in [-0.4, -0.2) is 9.97 Å². The molecule has 1 heterocycles. The molecule has 2 nitrogen and oxygen atoms in total. The molecule has 0 spiro atoms. The Morgan fingerprint density at radius 3 is 2.44 bits per heavy atom. The van der Waals surface area contributed by atoms with Crippen LogP contribution in [0.1, 0.15) is 23.9 Å². The number of nitrogens with zero attached hydrogens (tertiary/aromatic N) is 2. The van der Waals surface area contributed by atoms with Gasteiger partial charge in [0.05, 0.1) is 5.69 Å². The van der Waals surface area contributed by atoms with Gasteiger partial charge in [-0.25, -0.2) is 9.97 Å². The third-order valence-electron chi connectivity index (χ3n) is 4.05. The van der Waals surface area contributed by atoms with Crippen LogP contribution >= 0.6 is 15.9 Å². The summed E-state index contributed by atoms with van der Waals surface area (Å²) in [6.45, 7) is 5.83. The molecule has 0 saturated heterocycles. The molecule has 1 aromatic heterocycles. The Hall–Kier alpha value is -2.78. The first-order chi connectivity index (χ1) is 13.2. The maximum atomic E-state index is 4.83. The van der Waals surface area contributed by atoms with Crippen LogP contribution in [0.25, 0.3) is 17.0 Å². The highest BCUT2D eigenvalue weighted by Crippen LogP contribution is 2.23. The first-order valence-electron chi connectivity index (χ1n) is 8.83. The van der Waals surface area contributed by atoms with Crippen molar-refractivity contribution in [1.29, 1.82) is 0 Å². The topological polar surface area (TPSA) is 25.8 Å². The van der Waals surface area contributed by atoms with Crippen LogP contribution in [0.2, 0.25) is 0 Å². The van der Waals surface area contributed by atoms with Gasteiger partial charge < -0.3 is 0 Å². The third kappa shape index (κ3) is 5.11. The van der Waals surface area contributed by atoms with Crippen LogP contribution in [0.4, 0.5) is 0 Å². The normalized spacial score (nSPS) is 11.7. The molecule has 0 saturated carbocycles. The molecular weight excluding hydrogens is 396 g/mol. The second-order valence-corrected chi connectivity index (χ2v) is 7.01. The van der Waals surface area contributed by atoms with Gasteiger partial charge in [0.1, 0.15) is 0 Å². The molecule has 0 aliphatic heterocycles. The van der Waals surface area contributed by atoms with E-state index in [0.29, 0.717) is 0 Å². The van der Waals surface area contributed by atoms with Crippen LogP contribution in [0.3, 0.4) is 0 Å². The molecule has 3 heteroatoms. The van der Waals surface area contributed by atoms with Crippen molar-refractivity contribution in [3.05, 3.63) is 113 Å². The molecule has 2 aromatic carbocycles. The van der Waals surface area contributed by atoms with Crippen LogP contribution in [0.5, 0.6) is 0 Å². The zero-order valence-corrected chi connectivity index (χ0v) is 16.9. The van der Waals surface area contributed by atoms with Gasteiger partial charge in [-0.05, 0) is 36.3 Å². The number of aromatic nitrogens is 2. The predicted molar refractivity (Wildman–Crippen MR) is 117 cm³/mol. The van der Waals surface area contributed by atoms with Gasteiger partial charge in [-0.1, -0.05) is 89.3 Å². The quantitative estimate of drug-likeness (QED) is 0.420. The lowest BCUT2D eigenvalue weighted by molar-refractivity contribution is 1.02. The van der Waals surface area contributed by atoms with Crippen molar-refractivity contribution in [2.24, 2.45) is 0 Å². The molecule has 0 bridgehead atoms. The van der Waals surface area contributed by atoms with Crippen LogP contribution in [0, 0.1) is 0 Å². The predicted octanol–water partition coefficient (Wildman–Crippen LogP) is 6.64. The molecule has 0 amide bonds. The highest BCUT2D eigenvalue weighted by atomic mass is 79.9. The monoisotopic (exact) mass is 416 g/mol. The fourth-order valence-electron chi connectivity index (χ4n) is 2.80. The Labute approximate surface area is 169 Å². The van der Waals surface area contributed by atoms with Gasteiger partial charge in [-0.2, -0.15) is 0 Å². The molecule has 3 aromatic rings. The Morgan fingerprint density at radius 1 is 1.04 bits per heavy atom. The van der Waals surface area contributed by atoms with E-state index in [-0.39, 0.29) is 0 Å². The highest BCUT2D eigenvalue weighted by Gasteiger charge is 2.10. The summed E-state index contributed by atoms with van der Waals surface area (Å²) in [5.74, 6) is 0.727. The largest absolute Gasteiger partial charge is 0.233 e. The third-order valence-corrected chi connectivity index (χ3v) is 4.58. The molecule has 0 atom stereocenters. The van der Waals surface area contributed by atoms with E-state index in [1.54, 1.807) is 6.08 Å². The number of rotatable bonds is 6. The number of hydrogen-bond acceptors (Lipinski definition) is 2. The minimum atomic E-state index is 0.727. The summed E-state index contributed by atoms with van der Waals surface area (Å²) in [6, 6.07) is 20.5. The molecule has 0 N–H and O–H groups in total. The lowest BCUT2D eigenvalue weighted by Gasteiger charge is -2.10. The van der Waals surface area contributed by atoms with Crippen molar-refractivity contribution in [3.8, 4) is 11.4 Å². The first kappa shape index (κ1) is 19.0. The van der Waals surface area contributed by atoms with Crippen molar-refractivity contribution >= 4 is 21.5 Å². The fraction of sp³-hybridized carbons (Fsp3) is 0.0833. The summed E-state index contributed by atoms with van der Waals surface area (Å²) in [5, 5.41) is 0. The van der Waals surface area contributed by atoms with Gasteiger partial charge in [-0.3, -0.25) is 0 Å². The minimum Gasteiger partial charge on any atom is -0.233 e. The van der Waals surface area contributed by atoms with Gasteiger partial charge in [0.25, 0.3) is 0 Å². The molecule has 0 aliphatic rings. The molecule has 0 radical (unpaired) electrons. The number of allylic oxidation sites excluding steroid dienone is 5. The molecule has 134 valence electrons. The van der Waals surface area contributed by atoms with Crippen LogP contribution in [0.15, 0.2) is 96.0 Å². The summed E-state index contributed by atoms with van der Waals surface area (Å²) in [4.78, 5) is 9.65. The second kappa shape index (κ2) is 9.24. The highest BCUT2D eigenvalue weighted by molar-refractivity contribution is 9.10.